The van der Waals surface area contributed by atoms with Crippen LogP contribution in [0.15, 0.2) is 146 Å². The lowest BCUT2D eigenvalue weighted by Crippen LogP contribution is -1.91. The van der Waals surface area contributed by atoms with Crippen molar-refractivity contribution in [1.29, 1.82) is 0 Å². The molecule has 8 aromatic carbocycles. The average Bonchev–Trinajstić information content (AvgIpc) is 3.42. The molecule has 1 heterocycles. The Balaban J connectivity index is 1.42. The first kappa shape index (κ1) is 22.4. The third kappa shape index (κ3) is 3.24. The highest BCUT2D eigenvalue weighted by Crippen LogP contribution is 2.46. The first-order valence-electron chi connectivity index (χ1n) is 14.2. The summed E-state index contributed by atoms with van der Waals surface area (Å²) in [7, 11) is 0. The fourth-order valence-corrected chi connectivity index (χ4v) is 7.00. The maximum absolute atomic E-state index is 3.67. The summed E-state index contributed by atoms with van der Waals surface area (Å²) < 4.78 is 0. The van der Waals surface area contributed by atoms with E-state index < -0.39 is 0 Å². The van der Waals surface area contributed by atoms with Gasteiger partial charge in [0.1, 0.15) is 0 Å². The molecule has 41 heavy (non-hydrogen) atoms. The van der Waals surface area contributed by atoms with Crippen molar-refractivity contribution in [2.45, 2.75) is 0 Å². The maximum atomic E-state index is 3.67. The molecule has 1 nitrogen and oxygen atoms in total. The van der Waals surface area contributed by atoms with Crippen molar-refractivity contribution < 1.29 is 0 Å². The number of hydrogen-bond acceptors (Lipinski definition) is 0. The van der Waals surface area contributed by atoms with Gasteiger partial charge in [0.05, 0.1) is 0 Å². The summed E-state index contributed by atoms with van der Waals surface area (Å²) in [5.74, 6) is 0. The van der Waals surface area contributed by atoms with Gasteiger partial charge in [-0.25, -0.2) is 0 Å². The second-order valence-corrected chi connectivity index (χ2v) is 11.0. The van der Waals surface area contributed by atoms with Crippen LogP contribution in [-0.4, -0.2) is 4.98 Å². The smallest absolute Gasteiger partial charge is 0.0471 e. The van der Waals surface area contributed by atoms with Gasteiger partial charge in [-0.15, -0.1) is 0 Å². The van der Waals surface area contributed by atoms with Crippen molar-refractivity contribution in [3.63, 3.8) is 0 Å². The molecule has 190 valence electrons. The van der Waals surface area contributed by atoms with Gasteiger partial charge in [0.25, 0.3) is 0 Å². The summed E-state index contributed by atoms with van der Waals surface area (Å²) in [6, 6.07) is 53.3. The molecule has 0 amide bonds. The highest BCUT2D eigenvalue weighted by atomic mass is 14.7. The summed E-state index contributed by atoms with van der Waals surface area (Å²) >= 11 is 0. The monoisotopic (exact) mass is 519 g/mol. The number of rotatable bonds is 2. The van der Waals surface area contributed by atoms with E-state index in [0.29, 0.717) is 0 Å². The van der Waals surface area contributed by atoms with Crippen LogP contribution in [0.5, 0.6) is 0 Å². The predicted octanol–water partition coefficient (Wildman–Crippen LogP) is 11.3. The first-order chi connectivity index (χ1) is 20.3. The van der Waals surface area contributed by atoms with Crippen LogP contribution in [0.1, 0.15) is 0 Å². The molecule has 0 spiro atoms. The van der Waals surface area contributed by atoms with E-state index in [-0.39, 0.29) is 0 Å². The summed E-state index contributed by atoms with van der Waals surface area (Å²) in [5.41, 5.74) is 7.45. The third-order valence-corrected chi connectivity index (χ3v) is 8.77. The van der Waals surface area contributed by atoms with E-state index in [4.69, 9.17) is 0 Å². The summed E-state index contributed by atoms with van der Waals surface area (Å²) in [6.45, 7) is 0. The molecule has 9 rings (SSSR count). The van der Waals surface area contributed by atoms with E-state index in [1.54, 1.807) is 0 Å². The van der Waals surface area contributed by atoms with E-state index in [1.807, 2.05) is 0 Å². The molecule has 0 aliphatic rings. The topological polar surface area (TPSA) is 15.8 Å². The molecule has 1 N–H and O–H groups in total. The van der Waals surface area contributed by atoms with Crippen LogP contribution < -0.4 is 0 Å². The molecule has 0 aliphatic heterocycles. The highest BCUT2D eigenvalue weighted by molar-refractivity contribution is 6.25. The van der Waals surface area contributed by atoms with Crippen LogP contribution in [0.25, 0.3) is 87.1 Å². The van der Waals surface area contributed by atoms with Gasteiger partial charge in [0, 0.05) is 21.8 Å². The van der Waals surface area contributed by atoms with Crippen molar-refractivity contribution in [2.75, 3.05) is 0 Å². The van der Waals surface area contributed by atoms with Gasteiger partial charge in [-0.3, -0.25) is 0 Å². The van der Waals surface area contributed by atoms with Gasteiger partial charge >= 0.3 is 0 Å². The molecule has 0 radical (unpaired) electrons. The van der Waals surface area contributed by atoms with Crippen LogP contribution in [0.2, 0.25) is 0 Å². The Kier molecular flexibility index (Phi) is 4.67. The van der Waals surface area contributed by atoms with Crippen molar-refractivity contribution in [3.05, 3.63) is 146 Å². The van der Waals surface area contributed by atoms with Gasteiger partial charge in [-0.2, -0.15) is 0 Å². The van der Waals surface area contributed by atoms with Crippen molar-refractivity contribution >= 4 is 64.9 Å². The number of aromatic nitrogens is 1. The number of aromatic amines is 1. The lowest BCUT2D eigenvalue weighted by atomic mass is 9.84. The molecule has 0 saturated carbocycles. The molecule has 0 bridgehead atoms. The van der Waals surface area contributed by atoms with E-state index in [9.17, 15) is 0 Å². The minimum atomic E-state index is 1.17. The van der Waals surface area contributed by atoms with E-state index in [0.717, 1.165) is 0 Å². The Bertz CT molecular complexity index is 2410. The number of benzene rings is 8. The molecular formula is C40H25N. The zero-order chi connectivity index (χ0) is 26.9. The van der Waals surface area contributed by atoms with Crippen molar-refractivity contribution in [1.82, 2.24) is 4.98 Å². The highest BCUT2D eigenvalue weighted by Gasteiger charge is 2.18. The Morgan fingerprint density at radius 3 is 1.59 bits per heavy atom. The van der Waals surface area contributed by atoms with Gasteiger partial charge in [-0.1, -0.05) is 127 Å². The molecule has 1 heteroatoms. The fraction of sp³-hybridized carbons (Fsp3) is 0. The standard InChI is InChI=1S/C40H25N/c1-3-13-28-25(10-1)12-9-19-30(28)39-33-17-7-5-15-31(33)38(32-16-6-8-18-34(32)39)27-21-22-36-35(24-27)40-29-14-4-2-11-26(29)20-23-37(40)41-36/h1-24,41H. The third-order valence-electron chi connectivity index (χ3n) is 8.77. The lowest BCUT2D eigenvalue weighted by molar-refractivity contribution is 1.55. The van der Waals surface area contributed by atoms with Crippen molar-refractivity contribution in [2.24, 2.45) is 0 Å². The SMILES string of the molecule is c1ccc2c(-c3c4ccccc4c(-c4ccc5[nH]c6ccc7ccccc7c6c5c4)c4ccccc34)cccc2c1. The second kappa shape index (κ2) is 8.55. The largest absolute Gasteiger partial charge is 0.354 e. The minimum absolute atomic E-state index is 1.17. The number of hydrogen-bond donors (Lipinski definition) is 1. The van der Waals surface area contributed by atoms with Gasteiger partial charge in [-0.05, 0) is 83.5 Å². The van der Waals surface area contributed by atoms with E-state index >= 15 is 0 Å². The van der Waals surface area contributed by atoms with Crippen LogP contribution in [0.3, 0.4) is 0 Å². The van der Waals surface area contributed by atoms with Crippen LogP contribution >= 0.6 is 0 Å². The van der Waals surface area contributed by atoms with Crippen LogP contribution in [-0.2, 0) is 0 Å². The summed E-state index contributed by atoms with van der Waals surface area (Å²) in [5, 5.41) is 12.8. The Morgan fingerprint density at radius 1 is 0.341 bits per heavy atom. The molecule has 0 aliphatic carbocycles. The fourth-order valence-electron chi connectivity index (χ4n) is 7.00. The molecule has 0 saturated heterocycles. The van der Waals surface area contributed by atoms with E-state index in [1.165, 1.54) is 87.1 Å². The molecule has 0 fully saturated rings. The molecule has 1 aromatic heterocycles. The Labute approximate surface area is 237 Å². The van der Waals surface area contributed by atoms with Crippen molar-refractivity contribution in [3.8, 4) is 22.3 Å². The molecule has 0 unspecified atom stereocenters. The molecule has 0 atom stereocenters. The molecular weight excluding hydrogens is 494 g/mol. The average molecular weight is 520 g/mol. The Morgan fingerprint density at radius 2 is 0.878 bits per heavy atom. The maximum Gasteiger partial charge on any atom is 0.0471 e. The summed E-state index contributed by atoms with van der Waals surface area (Å²) in [4.78, 5) is 3.67. The summed E-state index contributed by atoms with van der Waals surface area (Å²) in [6.07, 6.45) is 0. The molecule has 9 aromatic rings. The van der Waals surface area contributed by atoms with Crippen LogP contribution in [0, 0.1) is 0 Å². The number of fused-ring (bicyclic) bond motifs is 8. The zero-order valence-corrected chi connectivity index (χ0v) is 22.4. The minimum Gasteiger partial charge on any atom is -0.354 e. The second-order valence-electron chi connectivity index (χ2n) is 11.0. The Hall–Kier alpha value is -5.40. The first-order valence-corrected chi connectivity index (χ1v) is 14.2. The van der Waals surface area contributed by atoms with Gasteiger partial charge in [0.2, 0.25) is 0 Å². The predicted molar refractivity (Wildman–Crippen MR) is 177 cm³/mol. The van der Waals surface area contributed by atoms with Crippen LogP contribution in [0.4, 0.5) is 0 Å². The van der Waals surface area contributed by atoms with Gasteiger partial charge < -0.3 is 4.98 Å². The normalized spacial score (nSPS) is 11.9. The van der Waals surface area contributed by atoms with E-state index in [2.05, 4.69) is 151 Å². The lowest BCUT2D eigenvalue weighted by Gasteiger charge is -2.19. The quantitative estimate of drug-likeness (QED) is 0.219. The number of nitrogens with one attached hydrogen (secondary N) is 1. The van der Waals surface area contributed by atoms with Gasteiger partial charge in [0.15, 0.2) is 0 Å². The zero-order valence-electron chi connectivity index (χ0n) is 22.4. The number of H-pyrrole nitrogens is 1.